The molecular formula is C25H19NO4. The molecule has 1 aromatic heterocycles. The summed E-state index contributed by atoms with van der Waals surface area (Å²) in [7, 11) is 1.60. The van der Waals surface area contributed by atoms with Gasteiger partial charge >= 0.3 is 0 Å². The zero-order valence-electron chi connectivity index (χ0n) is 16.4. The monoisotopic (exact) mass is 397 g/mol. The number of ether oxygens (including phenoxy) is 1. The van der Waals surface area contributed by atoms with Gasteiger partial charge in [-0.3, -0.25) is 9.59 Å². The van der Waals surface area contributed by atoms with E-state index in [1.165, 1.54) is 0 Å². The Labute approximate surface area is 173 Å². The molecule has 0 fully saturated rings. The summed E-state index contributed by atoms with van der Waals surface area (Å²) in [4.78, 5) is 28.5. The lowest BCUT2D eigenvalue weighted by atomic mass is 9.98. The average Bonchev–Trinajstić information content (AvgIpc) is 3.06. The molecule has 5 heteroatoms. The third kappa shape index (κ3) is 2.87. The van der Waals surface area contributed by atoms with Gasteiger partial charge in [-0.05, 0) is 35.4 Å². The zero-order valence-corrected chi connectivity index (χ0v) is 16.4. The van der Waals surface area contributed by atoms with Crippen molar-refractivity contribution >= 4 is 16.9 Å². The predicted octanol–water partition coefficient (Wildman–Crippen LogP) is 4.55. The maximum absolute atomic E-state index is 13.4. The molecule has 3 aromatic carbocycles. The molecule has 0 aliphatic carbocycles. The number of hydrogen-bond donors (Lipinski definition) is 0. The summed E-state index contributed by atoms with van der Waals surface area (Å²) in [6.07, 6.45) is 0. The Bertz CT molecular complexity index is 1290. The van der Waals surface area contributed by atoms with Gasteiger partial charge in [-0.2, -0.15) is 0 Å². The molecule has 0 radical (unpaired) electrons. The van der Waals surface area contributed by atoms with Gasteiger partial charge in [-0.15, -0.1) is 0 Å². The molecule has 148 valence electrons. The van der Waals surface area contributed by atoms with Crippen molar-refractivity contribution in [2.75, 3.05) is 7.11 Å². The van der Waals surface area contributed by atoms with Gasteiger partial charge in [0, 0.05) is 6.54 Å². The van der Waals surface area contributed by atoms with E-state index in [1.807, 2.05) is 54.6 Å². The van der Waals surface area contributed by atoms with Gasteiger partial charge in [0.25, 0.3) is 5.91 Å². The molecule has 0 saturated heterocycles. The molecule has 5 nitrogen and oxygen atoms in total. The van der Waals surface area contributed by atoms with Crippen LogP contribution in [0.3, 0.4) is 0 Å². The summed E-state index contributed by atoms with van der Waals surface area (Å²) in [6, 6.07) is 23.7. The fourth-order valence-electron chi connectivity index (χ4n) is 4.04. The Morgan fingerprint density at radius 3 is 2.33 bits per heavy atom. The molecule has 1 aliphatic heterocycles. The first-order chi connectivity index (χ1) is 14.7. The Morgan fingerprint density at radius 2 is 1.60 bits per heavy atom. The van der Waals surface area contributed by atoms with Gasteiger partial charge in [0.1, 0.15) is 11.3 Å². The molecule has 1 atom stereocenters. The predicted molar refractivity (Wildman–Crippen MR) is 114 cm³/mol. The van der Waals surface area contributed by atoms with Crippen LogP contribution in [0.4, 0.5) is 0 Å². The highest BCUT2D eigenvalue weighted by Crippen LogP contribution is 2.39. The van der Waals surface area contributed by atoms with E-state index in [4.69, 9.17) is 9.15 Å². The van der Waals surface area contributed by atoms with E-state index in [9.17, 15) is 9.59 Å². The highest BCUT2D eigenvalue weighted by atomic mass is 16.5. The number of carbonyl (C=O) groups excluding carboxylic acids is 1. The fourth-order valence-corrected chi connectivity index (χ4v) is 4.04. The first-order valence-corrected chi connectivity index (χ1v) is 9.72. The Balaban J connectivity index is 1.71. The van der Waals surface area contributed by atoms with Crippen molar-refractivity contribution in [2.45, 2.75) is 12.6 Å². The maximum atomic E-state index is 13.4. The largest absolute Gasteiger partial charge is 0.497 e. The molecule has 0 spiro atoms. The number of hydrogen-bond acceptors (Lipinski definition) is 4. The minimum Gasteiger partial charge on any atom is -0.497 e. The lowest BCUT2D eigenvalue weighted by Gasteiger charge is -2.25. The number of amides is 1. The number of para-hydroxylation sites is 1. The third-order valence-electron chi connectivity index (χ3n) is 5.50. The van der Waals surface area contributed by atoms with Crippen LogP contribution < -0.4 is 10.2 Å². The summed E-state index contributed by atoms with van der Waals surface area (Å²) < 4.78 is 11.2. The number of fused-ring (bicyclic) bond motifs is 2. The fraction of sp³-hybridized carbons (Fsp3) is 0.120. The van der Waals surface area contributed by atoms with E-state index in [-0.39, 0.29) is 17.1 Å². The molecule has 0 bridgehead atoms. The summed E-state index contributed by atoms with van der Waals surface area (Å²) in [5.74, 6) is 0.552. The molecule has 0 saturated carbocycles. The van der Waals surface area contributed by atoms with Gasteiger partial charge in [0.05, 0.1) is 24.1 Å². The molecule has 30 heavy (non-hydrogen) atoms. The lowest BCUT2D eigenvalue weighted by molar-refractivity contribution is 0.0714. The average molecular weight is 397 g/mol. The van der Waals surface area contributed by atoms with Crippen molar-refractivity contribution in [2.24, 2.45) is 0 Å². The minimum atomic E-state index is -0.528. The zero-order chi connectivity index (χ0) is 20.7. The van der Waals surface area contributed by atoms with Gasteiger partial charge in [-0.25, -0.2) is 0 Å². The topological polar surface area (TPSA) is 59.8 Å². The second-order valence-electron chi connectivity index (χ2n) is 7.26. The Kier molecular flexibility index (Phi) is 4.36. The molecular weight excluding hydrogens is 378 g/mol. The second kappa shape index (κ2) is 7.19. The summed E-state index contributed by atoms with van der Waals surface area (Å²) in [5, 5.41) is 0.476. The first-order valence-electron chi connectivity index (χ1n) is 9.72. The molecule has 1 amide bonds. The van der Waals surface area contributed by atoms with Crippen LogP contribution in [0, 0.1) is 0 Å². The van der Waals surface area contributed by atoms with Gasteiger partial charge in [0.15, 0.2) is 5.43 Å². The Morgan fingerprint density at radius 1 is 0.900 bits per heavy atom. The van der Waals surface area contributed by atoms with Crippen LogP contribution >= 0.6 is 0 Å². The Hall–Kier alpha value is -3.86. The van der Waals surface area contributed by atoms with Crippen molar-refractivity contribution in [1.29, 1.82) is 0 Å². The molecule has 5 rings (SSSR count). The third-order valence-corrected chi connectivity index (χ3v) is 5.50. The van der Waals surface area contributed by atoms with E-state index in [2.05, 4.69) is 0 Å². The lowest BCUT2D eigenvalue weighted by Crippen LogP contribution is -2.29. The second-order valence-corrected chi connectivity index (χ2v) is 7.26. The number of methoxy groups -OCH3 is 1. The maximum Gasteiger partial charge on any atom is 0.291 e. The molecule has 4 aromatic rings. The van der Waals surface area contributed by atoms with Gasteiger partial charge < -0.3 is 14.1 Å². The summed E-state index contributed by atoms with van der Waals surface area (Å²) in [6.45, 7) is 0.371. The van der Waals surface area contributed by atoms with Crippen LogP contribution in [-0.4, -0.2) is 17.9 Å². The van der Waals surface area contributed by atoms with Crippen LogP contribution in [0.1, 0.15) is 33.3 Å². The minimum absolute atomic E-state index is 0.121. The SMILES string of the molecule is COc1ccc([C@H]2c3c(oc4ccccc4c3=O)C(=O)N2Cc2ccccc2)cc1. The van der Waals surface area contributed by atoms with Crippen LogP contribution in [0.2, 0.25) is 0 Å². The van der Waals surface area contributed by atoms with E-state index in [1.54, 1.807) is 36.3 Å². The molecule has 0 unspecified atom stereocenters. The van der Waals surface area contributed by atoms with Crippen molar-refractivity contribution in [3.63, 3.8) is 0 Å². The summed E-state index contributed by atoms with van der Waals surface area (Å²) in [5.41, 5.74) is 2.46. The number of carbonyl (C=O) groups is 1. The van der Waals surface area contributed by atoms with Crippen molar-refractivity contribution in [3.05, 3.63) is 112 Å². The van der Waals surface area contributed by atoms with E-state index in [0.717, 1.165) is 11.1 Å². The van der Waals surface area contributed by atoms with Crippen molar-refractivity contribution in [3.8, 4) is 5.75 Å². The van der Waals surface area contributed by atoms with Crippen LogP contribution in [0.5, 0.6) is 5.75 Å². The summed E-state index contributed by atoms with van der Waals surface area (Å²) >= 11 is 0. The van der Waals surface area contributed by atoms with E-state index >= 15 is 0 Å². The molecule has 2 heterocycles. The highest BCUT2D eigenvalue weighted by molar-refractivity contribution is 5.99. The van der Waals surface area contributed by atoms with E-state index in [0.29, 0.717) is 28.8 Å². The van der Waals surface area contributed by atoms with Crippen molar-refractivity contribution < 1.29 is 13.9 Å². The number of nitrogens with zero attached hydrogens (tertiary/aromatic N) is 1. The molecule has 1 aliphatic rings. The quantitative estimate of drug-likeness (QED) is 0.507. The van der Waals surface area contributed by atoms with Crippen molar-refractivity contribution in [1.82, 2.24) is 4.90 Å². The van der Waals surface area contributed by atoms with Crippen LogP contribution in [-0.2, 0) is 6.54 Å². The molecule has 0 N–H and O–H groups in total. The van der Waals surface area contributed by atoms with Crippen LogP contribution in [0.15, 0.2) is 88.1 Å². The number of benzene rings is 3. The normalized spacial score (nSPS) is 15.4. The smallest absolute Gasteiger partial charge is 0.291 e. The van der Waals surface area contributed by atoms with Gasteiger partial charge in [-0.1, -0.05) is 54.6 Å². The van der Waals surface area contributed by atoms with Gasteiger partial charge in [0.2, 0.25) is 5.76 Å². The number of rotatable bonds is 4. The highest BCUT2D eigenvalue weighted by Gasteiger charge is 2.42. The standard InChI is InChI=1S/C25H19NO4/c1-29-18-13-11-17(12-14-18)22-21-23(27)19-9-5-6-10-20(19)30-24(21)25(28)26(22)15-16-7-3-2-4-8-16/h2-14,22H,15H2,1H3/t22-/m0/s1. The van der Waals surface area contributed by atoms with E-state index < -0.39 is 6.04 Å². The van der Waals surface area contributed by atoms with Crippen LogP contribution in [0.25, 0.3) is 11.0 Å². The first kappa shape index (κ1) is 18.2.